The number of hydrogen-bond acceptors (Lipinski definition) is 3. The lowest BCUT2D eigenvalue weighted by Crippen LogP contribution is -2.14. The van der Waals surface area contributed by atoms with E-state index in [-0.39, 0.29) is 0 Å². The van der Waals surface area contributed by atoms with Crippen molar-refractivity contribution in [3.05, 3.63) is 78.8 Å². The third kappa shape index (κ3) is 2.79. The van der Waals surface area contributed by atoms with Crippen molar-refractivity contribution in [1.82, 2.24) is 20.6 Å². The number of H-pyrrole nitrogens is 1. The van der Waals surface area contributed by atoms with Gasteiger partial charge in [0.05, 0.1) is 18.2 Å². The highest BCUT2D eigenvalue weighted by atomic mass is 15.2. The molecule has 1 aliphatic rings. The molecule has 1 saturated heterocycles. The summed E-state index contributed by atoms with van der Waals surface area (Å²) in [4.78, 5) is 7.27. The zero-order chi connectivity index (χ0) is 17.3. The molecule has 1 aliphatic heterocycles. The van der Waals surface area contributed by atoms with E-state index in [1.165, 1.54) is 27.5 Å². The third-order valence-corrected chi connectivity index (χ3v) is 5.12. The molecule has 0 bridgehead atoms. The van der Waals surface area contributed by atoms with Crippen molar-refractivity contribution in [3.8, 4) is 22.4 Å². The lowest BCUT2D eigenvalue weighted by Gasteiger charge is -2.11. The minimum atomic E-state index is 0.418. The Hall–Kier alpha value is -2.95. The summed E-state index contributed by atoms with van der Waals surface area (Å²) in [5.41, 5.74) is 6.03. The van der Waals surface area contributed by atoms with E-state index >= 15 is 0 Å². The minimum absolute atomic E-state index is 0.418. The molecule has 0 radical (unpaired) electrons. The van der Waals surface area contributed by atoms with Crippen LogP contribution in [0.5, 0.6) is 0 Å². The molecule has 1 atom stereocenters. The molecular formula is C22H20N4. The van der Waals surface area contributed by atoms with Gasteiger partial charge in [-0.1, -0.05) is 48.5 Å². The predicted octanol–water partition coefficient (Wildman–Crippen LogP) is 4.09. The van der Waals surface area contributed by atoms with Gasteiger partial charge in [-0.05, 0) is 39.6 Å². The number of aromatic nitrogens is 2. The number of benzene rings is 3. The molecular weight excluding hydrogens is 320 g/mol. The SMILES string of the molecule is c1ncc(-c2ccc3cc(-c4ccc(C5CNCN5)cc4)ccc3c2)[nH]1. The van der Waals surface area contributed by atoms with Gasteiger partial charge in [0.15, 0.2) is 0 Å². The van der Waals surface area contributed by atoms with Crippen LogP contribution in [0, 0.1) is 0 Å². The van der Waals surface area contributed by atoms with Crippen molar-refractivity contribution in [2.75, 3.05) is 13.2 Å². The largest absolute Gasteiger partial charge is 0.345 e. The normalized spacial score (nSPS) is 17.0. The molecule has 3 N–H and O–H groups in total. The van der Waals surface area contributed by atoms with E-state index in [2.05, 4.69) is 81.3 Å². The summed E-state index contributed by atoms with van der Waals surface area (Å²) in [6.07, 6.45) is 3.56. The van der Waals surface area contributed by atoms with E-state index in [1.54, 1.807) is 6.33 Å². The van der Waals surface area contributed by atoms with Crippen molar-refractivity contribution in [2.45, 2.75) is 6.04 Å². The van der Waals surface area contributed by atoms with Gasteiger partial charge in [0.2, 0.25) is 0 Å². The van der Waals surface area contributed by atoms with Crippen LogP contribution in [-0.4, -0.2) is 23.2 Å². The van der Waals surface area contributed by atoms with Crippen LogP contribution >= 0.6 is 0 Å². The van der Waals surface area contributed by atoms with Gasteiger partial charge in [0.25, 0.3) is 0 Å². The average Bonchev–Trinajstić information content (AvgIpc) is 3.41. The first-order valence-electron chi connectivity index (χ1n) is 8.94. The van der Waals surface area contributed by atoms with Crippen LogP contribution < -0.4 is 10.6 Å². The summed E-state index contributed by atoms with van der Waals surface area (Å²) in [5, 5.41) is 9.27. The first-order chi connectivity index (χ1) is 12.9. The van der Waals surface area contributed by atoms with Crippen molar-refractivity contribution in [1.29, 1.82) is 0 Å². The van der Waals surface area contributed by atoms with Crippen molar-refractivity contribution >= 4 is 10.8 Å². The van der Waals surface area contributed by atoms with Crippen LogP contribution in [0.25, 0.3) is 33.2 Å². The van der Waals surface area contributed by atoms with Gasteiger partial charge >= 0.3 is 0 Å². The van der Waals surface area contributed by atoms with Gasteiger partial charge in [0, 0.05) is 24.8 Å². The molecule has 128 valence electrons. The fourth-order valence-corrected chi connectivity index (χ4v) is 3.63. The van der Waals surface area contributed by atoms with E-state index in [1.807, 2.05) is 6.20 Å². The minimum Gasteiger partial charge on any atom is -0.345 e. The van der Waals surface area contributed by atoms with Crippen LogP contribution in [-0.2, 0) is 0 Å². The van der Waals surface area contributed by atoms with Crippen LogP contribution in [0.15, 0.2) is 73.2 Å². The molecule has 1 fully saturated rings. The standard InChI is InChI=1S/C22H20N4/c1-3-16(21-11-23-13-25-21)4-2-15(1)17-5-6-19-10-20(8-7-18(19)9-17)22-12-24-14-26-22/h1-10,12,14,21,23,25H,11,13H2,(H,24,26). The van der Waals surface area contributed by atoms with Gasteiger partial charge in [-0.3, -0.25) is 5.32 Å². The smallest absolute Gasteiger partial charge is 0.0924 e. The second-order valence-corrected chi connectivity index (χ2v) is 6.75. The lowest BCUT2D eigenvalue weighted by molar-refractivity contribution is 0.677. The van der Waals surface area contributed by atoms with E-state index in [4.69, 9.17) is 0 Å². The average molecular weight is 340 g/mol. The zero-order valence-electron chi connectivity index (χ0n) is 14.4. The van der Waals surface area contributed by atoms with Gasteiger partial charge in [-0.25, -0.2) is 4.98 Å². The summed E-state index contributed by atoms with van der Waals surface area (Å²) >= 11 is 0. The molecule has 0 aliphatic carbocycles. The van der Waals surface area contributed by atoms with Gasteiger partial charge in [0.1, 0.15) is 0 Å². The van der Waals surface area contributed by atoms with Crippen molar-refractivity contribution in [3.63, 3.8) is 0 Å². The number of hydrogen-bond donors (Lipinski definition) is 3. The summed E-state index contributed by atoms with van der Waals surface area (Å²) in [5.74, 6) is 0. The molecule has 26 heavy (non-hydrogen) atoms. The molecule has 0 spiro atoms. The first kappa shape index (κ1) is 15.3. The Balaban J connectivity index is 1.46. The fraction of sp³-hybridized carbons (Fsp3) is 0.136. The molecule has 1 unspecified atom stereocenters. The molecule has 5 rings (SSSR count). The molecule has 0 amide bonds. The molecule has 4 aromatic rings. The van der Waals surface area contributed by atoms with E-state index in [0.717, 1.165) is 24.5 Å². The monoisotopic (exact) mass is 340 g/mol. The number of rotatable bonds is 3. The van der Waals surface area contributed by atoms with E-state index in [9.17, 15) is 0 Å². The summed E-state index contributed by atoms with van der Waals surface area (Å²) in [7, 11) is 0. The number of aromatic amines is 1. The van der Waals surface area contributed by atoms with Crippen LogP contribution in [0.4, 0.5) is 0 Å². The second kappa shape index (κ2) is 6.41. The highest BCUT2D eigenvalue weighted by Crippen LogP contribution is 2.28. The number of imidazole rings is 1. The molecule has 1 aromatic heterocycles. The number of nitrogens with zero attached hydrogens (tertiary/aromatic N) is 1. The summed E-state index contributed by atoms with van der Waals surface area (Å²) in [6.45, 7) is 1.88. The Morgan fingerprint density at radius 1 is 0.808 bits per heavy atom. The maximum Gasteiger partial charge on any atom is 0.0924 e. The Labute approximate surface area is 152 Å². The van der Waals surface area contributed by atoms with Gasteiger partial charge in [-0.15, -0.1) is 0 Å². The van der Waals surface area contributed by atoms with Gasteiger partial charge < -0.3 is 10.3 Å². The lowest BCUT2D eigenvalue weighted by atomic mass is 9.97. The van der Waals surface area contributed by atoms with Crippen LogP contribution in [0.3, 0.4) is 0 Å². The third-order valence-electron chi connectivity index (χ3n) is 5.12. The fourth-order valence-electron chi connectivity index (χ4n) is 3.63. The summed E-state index contributed by atoms with van der Waals surface area (Å²) in [6, 6.07) is 22.5. The molecule has 3 aromatic carbocycles. The van der Waals surface area contributed by atoms with E-state index in [0.29, 0.717) is 6.04 Å². The van der Waals surface area contributed by atoms with E-state index < -0.39 is 0 Å². The topological polar surface area (TPSA) is 52.7 Å². The number of nitrogens with one attached hydrogen (secondary N) is 3. The molecule has 0 saturated carbocycles. The Morgan fingerprint density at radius 3 is 2.23 bits per heavy atom. The molecule has 4 heteroatoms. The second-order valence-electron chi connectivity index (χ2n) is 6.75. The van der Waals surface area contributed by atoms with Crippen molar-refractivity contribution < 1.29 is 0 Å². The Bertz CT molecular complexity index is 1030. The molecule has 4 nitrogen and oxygen atoms in total. The van der Waals surface area contributed by atoms with Crippen molar-refractivity contribution in [2.24, 2.45) is 0 Å². The number of fused-ring (bicyclic) bond motifs is 1. The zero-order valence-corrected chi connectivity index (χ0v) is 14.4. The van der Waals surface area contributed by atoms with Crippen LogP contribution in [0.1, 0.15) is 11.6 Å². The highest BCUT2D eigenvalue weighted by molar-refractivity contribution is 5.90. The highest BCUT2D eigenvalue weighted by Gasteiger charge is 2.15. The predicted molar refractivity (Wildman–Crippen MR) is 106 cm³/mol. The van der Waals surface area contributed by atoms with Gasteiger partial charge in [-0.2, -0.15) is 0 Å². The first-order valence-corrected chi connectivity index (χ1v) is 8.94. The Kier molecular flexibility index (Phi) is 3.77. The maximum absolute atomic E-state index is 4.10. The Morgan fingerprint density at radius 2 is 1.54 bits per heavy atom. The molecule has 2 heterocycles. The summed E-state index contributed by atoms with van der Waals surface area (Å²) < 4.78 is 0. The van der Waals surface area contributed by atoms with Crippen LogP contribution in [0.2, 0.25) is 0 Å². The maximum atomic E-state index is 4.10. The quantitative estimate of drug-likeness (QED) is 0.526.